The Bertz CT molecular complexity index is 957. The van der Waals surface area contributed by atoms with Crippen LogP contribution in [0.25, 0.3) is 0 Å². The summed E-state index contributed by atoms with van der Waals surface area (Å²) in [7, 11) is 0. The number of carbonyl (C=O) groups is 4. The smallest absolute Gasteiger partial charge is 0.182 e. The SMILES string of the molecule is CCC(C)C(=O)[C@@]12C(=O)C(Cl)(CCC(C)C)C(=O)[C@@](CCC(C)C)(C[C@H](CCC(C)C)[C@@]1(C)CCCC(C)C)C2=O. The van der Waals surface area contributed by atoms with Gasteiger partial charge in [-0.05, 0) is 86.4 Å². The minimum atomic E-state index is -1.89. The summed E-state index contributed by atoms with van der Waals surface area (Å²) in [5.41, 5.74) is -4.16. The molecule has 0 aromatic carbocycles. The van der Waals surface area contributed by atoms with Crippen LogP contribution in [0.3, 0.4) is 0 Å². The minimum absolute atomic E-state index is 0.0888. The summed E-state index contributed by atoms with van der Waals surface area (Å²) in [5.74, 6) is -0.837. The maximum Gasteiger partial charge on any atom is 0.182 e. The molecule has 2 aliphatic carbocycles. The van der Waals surface area contributed by atoms with Crippen LogP contribution in [-0.2, 0) is 19.2 Å². The van der Waals surface area contributed by atoms with E-state index in [2.05, 4.69) is 62.3 Å². The van der Waals surface area contributed by atoms with Crippen LogP contribution >= 0.6 is 11.6 Å². The van der Waals surface area contributed by atoms with E-state index in [1.807, 2.05) is 13.8 Å². The molecule has 0 aliphatic heterocycles. The molecule has 4 nitrogen and oxygen atoms in total. The Morgan fingerprint density at radius 3 is 1.76 bits per heavy atom. The molecule has 2 saturated carbocycles. The molecule has 2 unspecified atom stereocenters. The van der Waals surface area contributed by atoms with Crippen molar-refractivity contribution in [2.75, 3.05) is 0 Å². The molecule has 0 spiro atoms. The normalized spacial score (nSPS) is 33.0. The first-order valence-corrected chi connectivity index (χ1v) is 17.1. The lowest BCUT2D eigenvalue weighted by molar-refractivity contribution is -0.191. The highest BCUT2D eigenvalue weighted by Gasteiger charge is 2.81. The number of alkyl halides is 1. The van der Waals surface area contributed by atoms with E-state index < -0.39 is 44.4 Å². The molecule has 236 valence electrons. The Labute approximate surface area is 256 Å². The largest absolute Gasteiger partial charge is 0.298 e. The van der Waals surface area contributed by atoms with Crippen molar-refractivity contribution >= 4 is 34.7 Å². The van der Waals surface area contributed by atoms with Crippen molar-refractivity contribution in [1.29, 1.82) is 0 Å². The van der Waals surface area contributed by atoms with Crippen LogP contribution in [0.4, 0.5) is 0 Å². The third kappa shape index (κ3) is 6.44. The number of ketones is 4. The van der Waals surface area contributed by atoms with E-state index in [0.717, 1.165) is 25.7 Å². The number of Topliss-reactive ketones (excluding diaryl/α,β-unsaturated/α-hetero) is 4. The molecule has 6 atom stereocenters. The van der Waals surface area contributed by atoms with Crippen molar-refractivity contribution in [3.8, 4) is 0 Å². The van der Waals surface area contributed by atoms with Gasteiger partial charge in [0.25, 0.3) is 0 Å². The zero-order valence-electron chi connectivity index (χ0n) is 28.3. The van der Waals surface area contributed by atoms with Gasteiger partial charge in [0.15, 0.2) is 33.4 Å². The van der Waals surface area contributed by atoms with E-state index in [0.29, 0.717) is 50.4 Å². The van der Waals surface area contributed by atoms with E-state index in [9.17, 15) is 9.59 Å². The summed E-state index contributed by atoms with van der Waals surface area (Å²) < 4.78 is 0. The zero-order valence-corrected chi connectivity index (χ0v) is 29.0. The molecule has 0 aromatic rings. The number of rotatable bonds is 16. The number of fused-ring (bicyclic) bond motifs is 2. The lowest BCUT2D eigenvalue weighted by Gasteiger charge is -2.64. The van der Waals surface area contributed by atoms with Gasteiger partial charge in [0, 0.05) is 5.92 Å². The quantitative estimate of drug-likeness (QED) is 0.132. The first kappa shape index (κ1) is 36.2. The van der Waals surface area contributed by atoms with Gasteiger partial charge < -0.3 is 0 Å². The number of halogens is 1. The van der Waals surface area contributed by atoms with Crippen LogP contribution in [0.5, 0.6) is 0 Å². The van der Waals surface area contributed by atoms with Crippen LogP contribution in [-0.4, -0.2) is 28.0 Å². The number of carbonyl (C=O) groups excluding carboxylic acids is 4. The predicted molar refractivity (Wildman–Crippen MR) is 170 cm³/mol. The van der Waals surface area contributed by atoms with Gasteiger partial charge in [0.2, 0.25) is 0 Å². The van der Waals surface area contributed by atoms with E-state index in [-0.39, 0.29) is 30.0 Å². The summed E-state index contributed by atoms with van der Waals surface area (Å²) in [4.78, 5) is 58.2. The molecule has 0 aromatic heterocycles. The van der Waals surface area contributed by atoms with Gasteiger partial charge in [-0.2, -0.15) is 0 Å². The first-order valence-electron chi connectivity index (χ1n) is 16.8. The van der Waals surface area contributed by atoms with Crippen molar-refractivity contribution in [2.24, 2.45) is 51.8 Å². The first-order chi connectivity index (χ1) is 18.9. The molecule has 0 N–H and O–H groups in total. The minimum Gasteiger partial charge on any atom is -0.298 e. The molecule has 0 radical (unpaired) electrons. The van der Waals surface area contributed by atoms with Gasteiger partial charge in [-0.15, -0.1) is 11.6 Å². The molecular formula is C36H61ClO4. The van der Waals surface area contributed by atoms with Gasteiger partial charge in [0.05, 0.1) is 5.41 Å². The number of hydrogen-bond acceptors (Lipinski definition) is 4. The predicted octanol–water partition coefficient (Wildman–Crippen LogP) is 9.43. The molecule has 2 rings (SSSR count). The van der Waals surface area contributed by atoms with E-state index in [1.165, 1.54) is 0 Å². The van der Waals surface area contributed by atoms with Crippen LogP contribution < -0.4 is 0 Å². The van der Waals surface area contributed by atoms with Crippen molar-refractivity contribution < 1.29 is 19.2 Å². The van der Waals surface area contributed by atoms with Gasteiger partial charge in [-0.25, -0.2) is 0 Å². The van der Waals surface area contributed by atoms with Crippen molar-refractivity contribution in [1.82, 2.24) is 0 Å². The summed E-state index contributed by atoms with van der Waals surface area (Å²) >= 11 is 7.36. The molecular weight excluding hydrogens is 532 g/mol. The Balaban J connectivity index is 3.01. The van der Waals surface area contributed by atoms with E-state index >= 15 is 9.59 Å². The Morgan fingerprint density at radius 1 is 0.756 bits per heavy atom. The Hall–Kier alpha value is -1.03. The topological polar surface area (TPSA) is 68.3 Å². The van der Waals surface area contributed by atoms with Crippen LogP contribution in [0.1, 0.15) is 147 Å². The fourth-order valence-electron chi connectivity index (χ4n) is 7.86. The average molecular weight is 593 g/mol. The molecule has 0 saturated heterocycles. The average Bonchev–Trinajstić information content (AvgIpc) is 2.88. The monoisotopic (exact) mass is 592 g/mol. The highest BCUT2D eigenvalue weighted by atomic mass is 35.5. The third-order valence-corrected chi connectivity index (χ3v) is 11.4. The summed E-state index contributed by atoms with van der Waals surface area (Å²) in [6, 6.07) is 0. The highest BCUT2D eigenvalue weighted by molar-refractivity contribution is 6.56. The highest BCUT2D eigenvalue weighted by Crippen LogP contribution is 2.68. The fourth-order valence-corrected chi connectivity index (χ4v) is 8.30. The molecule has 5 heteroatoms. The molecule has 0 amide bonds. The van der Waals surface area contributed by atoms with Crippen LogP contribution in [0.15, 0.2) is 0 Å². The van der Waals surface area contributed by atoms with Gasteiger partial charge in [-0.3, -0.25) is 19.2 Å². The van der Waals surface area contributed by atoms with Gasteiger partial charge in [-0.1, -0.05) is 95.4 Å². The second-order valence-corrected chi connectivity index (χ2v) is 16.4. The van der Waals surface area contributed by atoms with E-state index in [4.69, 9.17) is 11.6 Å². The second-order valence-electron chi connectivity index (χ2n) is 15.7. The zero-order chi connectivity index (χ0) is 31.6. The van der Waals surface area contributed by atoms with Crippen molar-refractivity contribution in [3.63, 3.8) is 0 Å². The standard InChI is InChI=1S/C36H61ClO4/c1-12-27(10)29(38)36-31(40)34(20-17-25(6)7,30(39)35(37,32(36)41)21-18-26(8)9)22-28(16-15-24(4)5)33(36,11)19-13-14-23(2)3/h23-28H,12-22H2,1-11H3/t27?,28-,33+,34+,35?,36+/m0/s1. The molecule has 0 heterocycles. The number of hydrogen-bond donors (Lipinski definition) is 0. The lowest BCUT2D eigenvalue weighted by atomic mass is 9.35. The third-order valence-electron chi connectivity index (χ3n) is 10.8. The maximum atomic E-state index is 15.2. The van der Waals surface area contributed by atoms with Crippen molar-refractivity contribution in [3.05, 3.63) is 0 Å². The maximum absolute atomic E-state index is 15.2. The molecule has 2 bridgehead atoms. The van der Waals surface area contributed by atoms with Gasteiger partial charge in [0.1, 0.15) is 0 Å². The second kappa shape index (κ2) is 13.7. The summed E-state index contributed by atoms with van der Waals surface area (Å²) in [6.45, 7) is 22.9. The van der Waals surface area contributed by atoms with E-state index in [1.54, 1.807) is 0 Å². The molecule has 2 fully saturated rings. The van der Waals surface area contributed by atoms with Gasteiger partial charge >= 0.3 is 0 Å². The van der Waals surface area contributed by atoms with Crippen molar-refractivity contribution in [2.45, 2.75) is 152 Å². The molecule has 41 heavy (non-hydrogen) atoms. The fraction of sp³-hybridized carbons (Fsp3) is 0.889. The Morgan fingerprint density at radius 2 is 1.27 bits per heavy atom. The van der Waals surface area contributed by atoms with Crippen LogP contribution in [0, 0.1) is 51.8 Å². The van der Waals surface area contributed by atoms with Crippen LogP contribution in [0.2, 0.25) is 0 Å². The lowest BCUT2D eigenvalue weighted by Crippen LogP contribution is -2.78. The molecule has 2 aliphatic rings. The summed E-state index contributed by atoms with van der Waals surface area (Å²) in [5, 5.41) is 0. The Kier molecular flexibility index (Phi) is 12.1. The summed E-state index contributed by atoms with van der Waals surface area (Å²) in [6.07, 6.45) is 6.86.